The number of aromatic nitrogens is 1. The number of ether oxygens (including phenoxy) is 2. The lowest BCUT2D eigenvalue weighted by atomic mass is 10.1. The summed E-state index contributed by atoms with van der Waals surface area (Å²) >= 11 is 0. The first kappa shape index (κ1) is 24.9. The highest BCUT2D eigenvalue weighted by atomic mass is 16.5. The Labute approximate surface area is 199 Å². The Bertz CT molecular complexity index is 1210. The van der Waals surface area contributed by atoms with Crippen molar-refractivity contribution in [2.24, 2.45) is 0 Å². The van der Waals surface area contributed by atoms with Crippen LogP contribution in [0.4, 0.5) is 5.69 Å². The molecule has 34 heavy (non-hydrogen) atoms. The molecule has 7 nitrogen and oxygen atoms in total. The Morgan fingerprint density at radius 1 is 0.971 bits per heavy atom. The predicted octanol–water partition coefficient (Wildman–Crippen LogP) is 4.91. The fourth-order valence-corrected chi connectivity index (χ4v) is 4.09. The van der Waals surface area contributed by atoms with Gasteiger partial charge in [-0.1, -0.05) is 29.8 Å². The van der Waals surface area contributed by atoms with Crippen LogP contribution in [0.2, 0.25) is 0 Å². The summed E-state index contributed by atoms with van der Waals surface area (Å²) in [4.78, 5) is 38.2. The van der Waals surface area contributed by atoms with Gasteiger partial charge >= 0.3 is 5.97 Å². The molecule has 1 amide bonds. The van der Waals surface area contributed by atoms with Gasteiger partial charge in [-0.05, 0) is 58.0 Å². The number of ketones is 1. The second kappa shape index (κ2) is 10.9. The third-order valence-corrected chi connectivity index (χ3v) is 5.64. The molecule has 0 unspecified atom stereocenters. The monoisotopic (exact) mass is 462 g/mol. The van der Waals surface area contributed by atoms with Crippen molar-refractivity contribution in [3.8, 4) is 0 Å². The minimum atomic E-state index is -0.685. The van der Waals surface area contributed by atoms with E-state index in [1.165, 1.54) is 0 Å². The van der Waals surface area contributed by atoms with Gasteiger partial charge in [0.05, 0.1) is 23.9 Å². The number of Topliss-reactive ketones (excluding diaryl/α,β-unsaturated/α-hetero) is 1. The lowest BCUT2D eigenvalue weighted by molar-refractivity contribution is 0.0475. The van der Waals surface area contributed by atoms with E-state index < -0.39 is 12.6 Å². The third-order valence-electron chi connectivity index (χ3n) is 5.64. The number of hydrogen-bond acceptors (Lipinski definition) is 5. The van der Waals surface area contributed by atoms with E-state index in [0.29, 0.717) is 23.4 Å². The van der Waals surface area contributed by atoms with Gasteiger partial charge < -0.3 is 19.4 Å². The Morgan fingerprint density at radius 2 is 1.71 bits per heavy atom. The van der Waals surface area contributed by atoms with Crippen molar-refractivity contribution in [1.29, 1.82) is 0 Å². The fraction of sp³-hybridized carbons (Fsp3) is 0.296. The predicted molar refractivity (Wildman–Crippen MR) is 131 cm³/mol. The third kappa shape index (κ3) is 5.61. The van der Waals surface area contributed by atoms with E-state index in [-0.39, 0.29) is 23.3 Å². The van der Waals surface area contributed by atoms with E-state index in [1.54, 1.807) is 55.6 Å². The second-order valence-electron chi connectivity index (χ2n) is 8.33. The summed E-state index contributed by atoms with van der Waals surface area (Å²) in [5.74, 6) is -1.31. The number of benzene rings is 2. The summed E-state index contributed by atoms with van der Waals surface area (Å²) in [6.45, 7) is 7.82. The summed E-state index contributed by atoms with van der Waals surface area (Å²) in [5.41, 5.74) is 4.17. The average molecular weight is 463 g/mol. The molecule has 0 radical (unpaired) electrons. The van der Waals surface area contributed by atoms with Crippen molar-refractivity contribution in [3.63, 3.8) is 0 Å². The van der Waals surface area contributed by atoms with Crippen molar-refractivity contribution >= 4 is 23.3 Å². The molecule has 7 heteroatoms. The van der Waals surface area contributed by atoms with Crippen LogP contribution in [0.15, 0.2) is 54.6 Å². The number of amides is 1. The number of anilines is 1. The van der Waals surface area contributed by atoms with Gasteiger partial charge in [0.2, 0.25) is 5.78 Å². The van der Waals surface area contributed by atoms with Crippen molar-refractivity contribution in [3.05, 3.63) is 88.2 Å². The number of nitrogens with one attached hydrogen (secondary N) is 1. The molecule has 0 bridgehead atoms. The molecule has 2 aromatic carbocycles. The zero-order valence-corrected chi connectivity index (χ0v) is 20.2. The minimum Gasteiger partial charge on any atom is -0.454 e. The number of hydrogen-bond donors (Lipinski definition) is 1. The Morgan fingerprint density at radius 3 is 2.41 bits per heavy atom. The van der Waals surface area contributed by atoms with Crippen LogP contribution in [0.1, 0.15) is 61.0 Å². The summed E-state index contributed by atoms with van der Waals surface area (Å²) in [7, 11) is 1.64. The van der Waals surface area contributed by atoms with Crippen LogP contribution in [0.25, 0.3) is 0 Å². The molecule has 1 atom stereocenters. The zero-order chi connectivity index (χ0) is 24.8. The van der Waals surface area contributed by atoms with Crippen molar-refractivity contribution in [1.82, 2.24) is 4.57 Å². The van der Waals surface area contributed by atoms with E-state index >= 15 is 0 Å². The molecule has 0 saturated carbocycles. The van der Waals surface area contributed by atoms with E-state index in [2.05, 4.69) is 5.32 Å². The Balaban J connectivity index is 1.71. The second-order valence-corrected chi connectivity index (χ2v) is 8.33. The van der Waals surface area contributed by atoms with E-state index in [0.717, 1.165) is 17.0 Å². The quantitative estimate of drug-likeness (QED) is 0.361. The molecule has 3 rings (SSSR count). The molecule has 178 valence electrons. The van der Waals surface area contributed by atoms with Crippen LogP contribution in [0.3, 0.4) is 0 Å². The van der Waals surface area contributed by atoms with Crippen molar-refractivity contribution < 1.29 is 23.9 Å². The highest BCUT2D eigenvalue weighted by molar-refractivity contribution is 6.08. The molecular formula is C27H30N2O5. The van der Waals surface area contributed by atoms with Gasteiger partial charge in [0.15, 0.2) is 6.61 Å². The van der Waals surface area contributed by atoms with Gasteiger partial charge in [-0.15, -0.1) is 0 Å². The number of carbonyl (C=O) groups excluding carboxylic acids is 3. The number of para-hydroxylation sites is 1. The van der Waals surface area contributed by atoms with Crippen LogP contribution in [-0.2, 0) is 9.47 Å². The van der Waals surface area contributed by atoms with Gasteiger partial charge in [-0.25, -0.2) is 4.79 Å². The molecule has 0 saturated heterocycles. The largest absolute Gasteiger partial charge is 0.454 e. The maximum Gasteiger partial charge on any atom is 0.340 e. The maximum absolute atomic E-state index is 12.8. The van der Waals surface area contributed by atoms with Crippen LogP contribution >= 0.6 is 0 Å². The number of aryl methyl sites for hydroxylation is 2. The summed E-state index contributed by atoms with van der Waals surface area (Å²) < 4.78 is 12.6. The van der Waals surface area contributed by atoms with Crippen LogP contribution in [0.5, 0.6) is 0 Å². The molecule has 3 aromatic rings. The SMILES string of the molecule is COC[C@@H](C)n1c(C)cc(C(=O)COC(=O)c2ccccc2NC(=O)c2cccc(C)c2)c1C. The van der Waals surface area contributed by atoms with Gasteiger partial charge in [0.1, 0.15) is 0 Å². The zero-order valence-electron chi connectivity index (χ0n) is 20.2. The highest BCUT2D eigenvalue weighted by Gasteiger charge is 2.21. The fourth-order valence-electron chi connectivity index (χ4n) is 4.09. The van der Waals surface area contributed by atoms with E-state index in [9.17, 15) is 14.4 Å². The molecule has 0 aliphatic heterocycles. The van der Waals surface area contributed by atoms with Crippen LogP contribution in [0, 0.1) is 20.8 Å². The number of carbonyl (C=O) groups is 3. The molecule has 0 aliphatic rings. The molecular weight excluding hydrogens is 432 g/mol. The lowest BCUT2D eigenvalue weighted by Gasteiger charge is -2.17. The smallest absolute Gasteiger partial charge is 0.340 e. The van der Waals surface area contributed by atoms with Gasteiger partial charge in [0, 0.05) is 29.6 Å². The van der Waals surface area contributed by atoms with Crippen molar-refractivity contribution in [2.45, 2.75) is 33.7 Å². The number of nitrogens with zero attached hydrogens (tertiary/aromatic N) is 1. The molecule has 1 N–H and O–H groups in total. The number of rotatable bonds is 9. The maximum atomic E-state index is 12.8. The standard InChI is InChI=1S/C27H30N2O5/c1-17-9-8-10-21(13-17)26(31)28-24-12-7-6-11-22(24)27(32)34-16-25(30)23-14-18(2)29(20(23)4)19(3)15-33-5/h6-14,19H,15-16H2,1-5H3,(H,28,31)/t19-/m1/s1. The van der Waals surface area contributed by atoms with Gasteiger partial charge in [0.25, 0.3) is 5.91 Å². The highest BCUT2D eigenvalue weighted by Crippen LogP contribution is 2.22. The van der Waals surface area contributed by atoms with E-state index in [4.69, 9.17) is 9.47 Å². The summed E-state index contributed by atoms with van der Waals surface area (Å²) in [6, 6.07) is 15.6. The van der Waals surface area contributed by atoms with Gasteiger partial charge in [-0.2, -0.15) is 0 Å². The molecule has 0 spiro atoms. The molecule has 1 heterocycles. The van der Waals surface area contributed by atoms with E-state index in [1.807, 2.05) is 38.3 Å². The number of methoxy groups -OCH3 is 1. The topological polar surface area (TPSA) is 86.6 Å². The first-order chi connectivity index (χ1) is 16.2. The summed E-state index contributed by atoms with van der Waals surface area (Å²) in [6.07, 6.45) is 0. The van der Waals surface area contributed by atoms with Gasteiger partial charge in [-0.3, -0.25) is 9.59 Å². The normalized spacial score (nSPS) is 11.7. The molecule has 1 aromatic heterocycles. The molecule has 0 fully saturated rings. The average Bonchev–Trinajstić information content (AvgIpc) is 3.11. The number of esters is 1. The first-order valence-corrected chi connectivity index (χ1v) is 11.1. The Kier molecular flexibility index (Phi) is 8.02. The lowest BCUT2D eigenvalue weighted by Crippen LogP contribution is -2.19. The first-order valence-electron chi connectivity index (χ1n) is 11.1. The molecule has 0 aliphatic carbocycles. The Hall–Kier alpha value is -3.71. The minimum absolute atomic E-state index is 0.0676. The van der Waals surface area contributed by atoms with Crippen LogP contribution < -0.4 is 5.32 Å². The van der Waals surface area contributed by atoms with Crippen molar-refractivity contribution in [2.75, 3.05) is 25.6 Å². The van der Waals surface area contributed by atoms with Crippen LogP contribution in [-0.4, -0.2) is 42.6 Å². The summed E-state index contributed by atoms with van der Waals surface area (Å²) in [5, 5.41) is 2.76.